The van der Waals surface area contributed by atoms with Crippen LogP contribution < -0.4 is 0 Å². The van der Waals surface area contributed by atoms with E-state index >= 15 is 0 Å². The molecule has 0 unspecified atom stereocenters. The fourth-order valence-electron chi connectivity index (χ4n) is 0.996. The van der Waals surface area contributed by atoms with Gasteiger partial charge in [0.15, 0.2) is 17.5 Å². The van der Waals surface area contributed by atoms with Gasteiger partial charge in [0, 0.05) is 6.42 Å². The third kappa shape index (κ3) is 2.74. The predicted molar refractivity (Wildman–Crippen MR) is 41.1 cm³/mol. The van der Waals surface area contributed by atoms with E-state index in [1.165, 1.54) is 0 Å². The van der Waals surface area contributed by atoms with Gasteiger partial charge in [-0.2, -0.15) is 13.2 Å². The Labute approximate surface area is 85.7 Å². The van der Waals surface area contributed by atoms with E-state index in [0.717, 1.165) is 0 Å². The maximum absolute atomic E-state index is 12.6. The molecule has 0 amide bonds. The molecule has 1 aromatic rings. The first-order chi connectivity index (χ1) is 7.21. The van der Waals surface area contributed by atoms with Crippen LogP contribution in [0.2, 0.25) is 0 Å². The average Bonchev–Trinajstić information content (AvgIpc) is 2.12. The Hall–Kier alpha value is -1.53. The van der Waals surface area contributed by atoms with E-state index < -0.39 is 41.4 Å². The predicted octanol–water partition coefficient (Wildman–Crippen LogP) is 2.78. The molecule has 1 rings (SSSR count). The minimum atomic E-state index is -5.08. The molecule has 0 radical (unpaired) electrons. The Bertz CT molecular complexity index is 399. The fraction of sp³-hybridized carbons (Fsp3) is 0.222. The monoisotopic (exact) mass is 242 g/mol. The largest absolute Gasteiger partial charge is 0.450 e. The Morgan fingerprint density at radius 1 is 1.06 bits per heavy atom. The minimum absolute atomic E-state index is 0.349. The molecule has 1 nitrogen and oxygen atoms in total. The Kier molecular flexibility index (Phi) is 3.25. The second-order valence-electron chi connectivity index (χ2n) is 2.97. The number of hydrogen-bond acceptors (Lipinski definition) is 1. The summed E-state index contributed by atoms with van der Waals surface area (Å²) < 4.78 is 73.0. The smallest absolute Gasteiger partial charge is 0.289 e. The fourth-order valence-corrected chi connectivity index (χ4v) is 0.996. The molecule has 7 heteroatoms. The van der Waals surface area contributed by atoms with Crippen molar-refractivity contribution in [2.45, 2.75) is 12.6 Å². The van der Waals surface area contributed by atoms with Gasteiger partial charge in [0.1, 0.15) is 0 Å². The zero-order valence-electron chi connectivity index (χ0n) is 7.54. The lowest BCUT2D eigenvalue weighted by Crippen LogP contribution is -2.24. The second kappa shape index (κ2) is 4.15. The zero-order valence-corrected chi connectivity index (χ0v) is 7.54. The highest BCUT2D eigenvalue weighted by molar-refractivity contribution is 5.86. The minimum Gasteiger partial charge on any atom is -0.289 e. The van der Waals surface area contributed by atoms with Gasteiger partial charge in [-0.1, -0.05) is 0 Å². The topological polar surface area (TPSA) is 17.1 Å². The summed E-state index contributed by atoms with van der Waals surface area (Å²) in [5.41, 5.74) is -0.571. The van der Waals surface area contributed by atoms with Crippen molar-refractivity contribution in [2.24, 2.45) is 0 Å². The highest BCUT2D eigenvalue weighted by Crippen LogP contribution is 2.20. The average molecular weight is 242 g/mol. The van der Waals surface area contributed by atoms with Crippen LogP contribution in [0.4, 0.5) is 26.3 Å². The van der Waals surface area contributed by atoms with Crippen LogP contribution in [0.1, 0.15) is 5.56 Å². The van der Waals surface area contributed by atoms with Crippen LogP contribution >= 0.6 is 0 Å². The molecule has 0 fully saturated rings. The van der Waals surface area contributed by atoms with Gasteiger partial charge in [-0.15, -0.1) is 0 Å². The van der Waals surface area contributed by atoms with Crippen LogP contribution in [0.15, 0.2) is 12.1 Å². The molecule has 88 valence electrons. The lowest BCUT2D eigenvalue weighted by molar-refractivity contribution is -0.170. The number of rotatable bonds is 2. The molecular formula is C9H4F6O. The van der Waals surface area contributed by atoms with Crippen molar-refractivity contribution >= 4 is 5.78 Å². The quantitative estimate of drug-likeness (QED) is 0.575. The summed E-state index contributed by atoms with van der Waals surface area (Å²) >= 11 is 0. The molecular weight excluding hydrogens is 238 g/mol. The van der Waals surface area contributed by atoms with Gasteiger partial charge in [0.05, 0.1) is 0 Å². The lowest BCUT2D eigenvalue weighted by atomic mass is 10.1. The summed E-state index contributed by atoms with van der Waals surface area (Å²) in [5, 5.41) is 0. The van der Waals surface area contributed by atoms with Gasteiger partial charge in [-0.3, -0.25) is 4.79 Å². The van der Waals surface area contributed by atoms with Crippen molar-refractivity contribution in [1.82, 2.24) is 0 Å². The van der Waals surface area contributed by atoms with Gasteiger partial charge < -0.3 is 0 Å². The molecule has 0 aromatic heterocycles. The number of alkyl halides is 3. The summed E-state index contributed by atoms with van der Waals surface area (Å²) in [5.74, 6) is -7.21. The molecule has 0 aliphatic rings. The van der Waals surface area contributed by atoms with Crippen molar-refractivity contribution < 1.29 is 31.1 Å². The second-order valence-corrected chi connectivity index (χ2v) is 2.97. The molecule has 0 aliphatic heterocycles. The molecule has 0 spiro atoms. The van der Waals surface area contributed by atoms with E-state index in [-0.39, 0.29) is 0 Å². The third-order valence-corrected chi connectivity index (χ3v) is 1.72. The van der Waals surface area contributed by atoms with Gasteiger partial charge in [0.25, 0.3) is 0 Å². The maximum atomic E-state index is 12.6. The molecule has 0 heterocycles. The van der Waals surface area contributed by atoms with E-state index in [1.54, 1.807) is 0 Å². The Balaban J connectivity index is 2.96. The molecule has 0 N–H and O–H groups in total. The van der Waals surface area contributed by atoms with E-state index in [1.807, 2.05) is 0 Å². The molecule has 0 bridgehead atoms. The van der Waals surface area contributed by atoms with Crippen LogP contribution in [-0.2, 0) is 11.2 Å². The third-order valence-electron chi connectivity index (χ3n) is 1.72. The van der Waals surface area contributed by atoms with Crippen molar-refractivity contribution in [1.29, 1.82) is 0 Å². The van der Waals surface area contributed by atoms with E-state index in [4.69, 9.17) is 0 Å². The van der Waals surface area contributed by atoms with Crippen molar-refractivity contribution in [3.63, 3.8) is 0 Å². The lowest BCUT2D eigenvalue weighted by Gasteiger charge is -2.05. The molecule has 0 saturated carbocycles. The Morgan fingerprint density at radius 2 is 1.50 bits per heavy atom. The summed E-state index contributed by atoms with van der Waals surface area (Å²) in [6, 6.07) is 0.699. The van der Waals surface area contributed by atoms with Gasteiger partial charge in [-0.25, -0.2) is 13.2 Å². The van der Waals surface area contributed by atoms with Crippen LogP contribution in [0, 0.1) is 17.5 Å². The number of benzene rings is 1. The number of carbonyl (C=O) groups is 1. The molecule has 16 heavy (non-hydrogen) atoms. The molecule has 1 aromatic carbocycles. The number of hydrogen-bond donors (Lipinski definition) is 0. The molecule has 0 saturated heterocycles. The van der Waals surface area contributed by atoms with E-state index in [2.05, 4.69) is 0 Å². The first-order valence-corrected chi connectivity index (χ1v) is 3.95. The number of carbonyl (C=O) groups excluding carboxylic acids is 1. The van der Waals surface area contributed by atoms with Crippen LogP contribution in [0.3, 0.4) is 0 Å². The molecule has 0 atom stereocenters. The number of Topliss-reactive ketones (excluding diaryl/α,β-unsaturated/α-hetero) is 1. The SMILES string of the molecule is O=C(Cc1cc(F)c(F)c(F)c1)C(F)(F)F. The Morgan fingerprint density at radius 3 is 1.88 bits per heavy atom. The van der Waals surface area contributed by atoms with Crippen LogP contribution in [0.25, 0.3) is 0 Å². The van der Waals surface area contributed by atoms with E-state index in [9.17, 15) is 31.1 Å². The molecule has 0 aliphatic carbocycles. The van der Waals surface area contributed by atoms with Crippen molar-refractivity contribution in [3.05, 3.63) is 35.1 Å². The highest BCUT2D eigenvalue weighted by atomic mass is 19.4. The van der Waals surface area contributed by atoms with Crippen molar-refractivity contribution in [2.75, 3.05) is 0 Å². The van der Waals surface area contributed by atoms with Gasteiger partial charge in [0.2, 0.25) is 5.78 Å². The summed E-state index contributed by atoms with van der Waals surface area (Å²) in [6.45, 7) is 0. The standard InChI is InChI=1S/C9H4F6O/c10-5-1-4(2-6(11)8(5)12)3-7(16)9(13,14)15/h1-2H,3H2. The summed E-state index contributed by atoms with van der Waals surface area (Å²) in [4.78, 5) is 10.5. The van der Waals surface area contributed by atoms with Gasteiger partial charge in [-0.05, 0) is 17.7 Å². The van der Waals surface area contributed by atoms with Crippen LogP contribution in [0.5, 0.6) is 0 Å². The van der Waals surface area contributed by atoms with Gasteiger partial charge >= 0.3 is 6.18 Å². The van der Waals surface area contributed by atoms with Crippen LogP contribution in [-0.4, -0.2) is 12.0 Å². The summed E-state index contributed by atoms with van der Waals surface area (Å²) in [7, 11) is 0. The zero-order chi connectivity index (χ0) is 12.5. The number of ketones is 1. The first-order valence-electron chi connectivity index (χ1n) is 3.95. The highest BCUT2D eigenvalue weighted by Gasteiger charge is 2.37. The summed E-state index contributed by atoms with van der Waals surface area (Å²) in [6.07, 6.45) is -6.31. The van der Waals surface area contributed by atoms with E-state index in [0.29, 0.717) is 12.1 Å². The number of halogens is 6. The first kappa shape index (κ1) is 12.5. The van der Waals surface area contributed by atoms with Crippen molar-refractivity contribution in [3.8, 4) is 0 Å². The normalized spacial score (nSPS) is 11.6. The maximum Gasteiger partial charge on any atom is 0.450 e.